The van der Waals surface area contributed by atoms with Crippen LogP contribution in [0.25, 0.3) is 10.8 Å². The minimum atomic E-state index is 0.729. The van der Waals surface area contributed by atoms with E-state index >= 15 is 0 Å². The molecular weight excluding hydrogens is 408 g/mol. The minimum absolute atomic E-state index is 0.729. The molecule has 2 fully saturated rings. The van der Waals surface area contributed by atoms with Crippen molar-refractivity contribution in [2.45, 2.75) is 6.92 Å². The monoisotopic (exact) mass is 444 g/mol. The van der Waals surface area contributed by atoms with Gasteiger partial charge in [-0.25, -0.2) is 0 Å². The summed E-state index contributed by atoms with van der Waals surface area (Å²) in [6, 6.07) is 21.9. The lowest BCUT2D eigenvalue weighted by molar-refractivity contribution is 0.200. The Hall–Kier alpha value is -2.76. The molecule has 2 saturated heterocycles. The molecule has 0 N–H and O–H groups in total. The minimum Gasteiger partial charge on any atom is -0.492 e. The highest BCUT2D eigenvalue weighted by atomic mass is 16.5. The van der Waals surface area contributed by atoms with Crippen LogP contribution in [-0.4, -0.2) is 82.4 Å². The van der Waals surface area contributed by atoms with E-state index in [1.54, 1.807) is 0 Å². The van der Waals surface area contributed by atoms with Crippen LogP contribution in [0.2, 0.25) is 0 Å². The van der Waals surface area contributed by atoms with Crippen molar-refractivity contribution in [3.05, 3.63) is 66.2 Å². The smallest absolute Gasteiger partial charge is 0.120 e. The molecular formula is C28H36N4O. The van der Waals surface area contributed by atoms with Gasteiger partial charge in [-0.05, 0) is 49.2 Å². The van der Waals surface area contributed by atoms with Crippen LogP contribution in [0.4, 0.5) is 11.4 Å². The van der Waals surface area contributed by atoms with Gasteiger partial charge in [-0.2, -0.15) is 0 Å². The molecule has 0 saturated carbocycles. The number of para-hydroxylation sites is 1. The zero-order chi connectivity index (χ0) is 22.6. The van der Waals surface area contributed by atoms with Crippen molar-refractivity contribution >= 4 is 22.1 Å². The van der Waals surface area contributed by atoms with Crippen LogP contribution in [0.5, 0.6) is 5.75 Å². The molecule has 0 atom stereocenters. The normalized spacial score (nSPS) is 18.1. The third kappa shape index (κ3) is 5.10. The lowest BCUT2D eigenvalue weighted by Gasteiger charge is -2.36. The van der Waals surface area contributed by atoms with Gasteiger partial charge in [0.05, 0.1) is 0 Å². The Kier molecular flexibility index (Phi) is 6.70. The molecule has 0 aromatic heterocycles. The number of anilines is 2. The van der Waals surface area contributed by atoms with Crippen molar-refractivity contribution in [1.82, 2.24) is 9.80 Å². The van der Waals surface area contributed by atoms with Crippen LogP contribution in [0.3, 0.4) is 0 Å². The fourth-order valence-electron chi connectivity index (χ4n) is 5.07. The van der Waals surface area contributed by atoms with Crippen LogP contribution in [0, 0.1) is 6.92 Å². The fraction of sp³-hybridized carbons (Fsp3) is 0.429. The van der Waals surface area contributed by atoms with Crippen LogP contribution < -0.4 is 14.5 Å². The molecule has 2 aliphatic rings. The average Bonchev–Trinajstić information content (AvgIpc) is 2.85. The van der Waals surface area contributed by atoms with Gasteiger partial charge in [0.25, 0.3) is 0 Å². The molecule has 0 bridgehead atoms. The summed E-state index contributed by atoms with van der Waals surface area (Å²) in [6.07, 6.45) is 0. The van der Waals surface area contributed by atoms with Crippen LogP contribution in [-0.2, 0) is 0 Å². The number of piperazine rings is 2. The van der Waals surface area contributed by atoms with E-state index in [0.717, 1.165) is 71.3 Å². The Morgan fingerprint density at radius 1 is 0.727 bits per heavy atom. The van der Waals surface area contributed by atoms with E-state index in [0.29, 0.717) is 0 Å². The summed E-state index contributed by atoms with van der Waals surface area (Å²) in [6.45, 7) is 12.6. The molecule has 0 radical (unpaired) electrons. The predicted molar refractivity (Wildman–Crippen MR) is 139 cm³/mol. The molecule has 2 heterocycles. The van der Waals surface area contributed by atoms with Crippen molar-refractivity contribution in [1.29, 1.82) is 0 Å². The third-order valence-corrected chi connectivity index (χ3v) is 7.18. The van der Waals surface area contributed by atoms with Gasteiger partial charge in [-0.3, -0.25) is 4.90 Å². The maximum absolute atomic E-state index is 6.22. The molecule has 0 aliphatic carbocycles. The Bertz CT molecular complexity index is 1070. The number of aryl methyl sites for hydroxylation is 1. The number of rotatable bonds is 6. The van der Waals surface area contributed by atoms with Gasteiger partial charge in [-0.1, -0.05) is 36.4 Å². The number of hydrogen-bond acceptors (Lipinski definition) is 5. The highest BCUT2D eigenvalue weighted by molar-refractivity contribution is 5.95. The van der Waals surface area contributed by atoms with Gasteiger partial charge >= 0.3 is 0 Å². The Balaban J connectivity index is 1.17. The number of hydrogen-bond donors (Lipinski definition) is 0. The first kappa shape index (κ1) is 22.1. The van der Waals surface area contributed by atoms with Crippen LogP contribution >= 0.6 is 0 Å². The number of likely N-dealkylation sites (N-methyl/N-ethyl adjacent to an activating group) is 1. The summed E-state index contributed by atoms with van der Waals surface area (Å²) in [5.74, 6) is 0.975. The third-order valence-electron chi connectivity index (χ3n) is 7.18. The zero-order valence-corrected chi connectivity index (χ0v) is 20.0. The SMILES string of the molecule is Cc1ccccc1N1CCN(CCOc2ccc3cccc(N4CCN(C)CC4)c3c2)CC1. The molecule has 3 aromatic rings. The van der Waals surface area contributed by atoms with E-state index in [9.17, 15) is 0 Å². The maximum atomic E-state index is 6.22. The van der Waals surface area contributed by atoms with E-state index < -0.39 is 0 Å². The zero-order valence-electron chi connectivity index (χ0n) is 20.0. The molecule has 33 heavy (non-hydrogen) atoms. The Morgan fingerprint density at radius 2 is 1.42 bits per heavy atom. The topological polar surface area (TPSA) is 22.2 Å². The molecule has 0 unspecified atom stereocenters. The summed E-state index contributed by atoms with van der Waals surface area (Å²) in [5.41, 5.74) is 4.07. The quantitative estimate of drug-likeness (QED) is 0.569. The molecule has 5 rings (SSSR count). The number of ether oxygens (including phenoxy) is 1. The van der Waals surface area contributed by atoms with E-state index in [2.05, 4.69) is 94.2 Å². The van der Waals surface area contributed by atoms with Crippen LogP contribution in [0.1, 0.15) is 5.56 Å². The summed E-state index contributed by atoms with van der Waals surface area (Å²) in [7, 11) is 2.20. The number of benzene rings is 3. The van der Waals surface area contributed by atoms with E-state index in [4.69, 9.17) is 4.74 Å². The molecule has 174 valence electrons. The second-order valence-corrected chi connectivity index (χ2v) is 9.41. The molecule has 5 nitrogen and oxygen atoms in total. The number of fused-ring (bicyclic) bond motifs is 1. The van der Waals surface area contributed by atoms with E-state index in [1.165, 1.54) is 27.7 Å². The Morgan fingerprint density at radius 3 is 2.21 bits per heavy atom. The van der Waals surface area contributed by atoms with Gasteiger partial charge in [0, 0.05) is 75.7 Å². The second-order valence-electron chi connectivity index (χ2n) is 9.41. The lowest BCUT2D eigenvalue weighted by atomic mass is 10.1. The Labute approximate surface area is 198 Å². The first-order chi connectivity index (χ1) is 16.2. The van der Waals surface area contributed by atoms with Gasteiger partial charge < -0.3 is 19.4 Å². The molecule has 0 spiro atoms. The molecule has 5 heteroatoms. The van der Waals surface area contributed by atoms with Crippen molar-refractivity contribution < 1.29 is 4.74 Å². The van der Waals surface area contributed by atoms with Crippen molar-refractivity contribution in [3.63, 3.8) is 0 Å². The highest BCUT2D eigenvalue weighted by Gasteiger charge is 2.19. The lowest BCUT2D eigenvalue weighted by Crippen LogP contribution is -2.47. The van der Waals surface area contributed by atoms with Crippen LogP contribution in [0.15, 0.2) is 60.7 Å². The molecule has 3 aromatic carbocycles. The molecule has 0 amide bonds. The largest absolute Gasteiger partial charge is 0.492 e. The van der Waals surface area contributed by atoms with Crippen molar-refractivity contribution in [3.8, 4) is 5.75 Å². The van der Waals surface area contributed by atoms with Gasteiger partial charge in [0.15, 0.2) is 0 Å². The standard InChI is InChI=1S/C28H36N4O/c1-23-6-3-4-8-27(23)31-18-14-30(15-19-31)20-21-33-25-11-10-24-7-5-9-28(26(24)22-25)32-16-12-29(2)13-17-32/h3-11,22H,12-21H2,1-2H3. The maximum Gasteiger partial charge on any atom is 0.120 e. The number of nitrogens with zero attached hydrogens (tertiary/aromatic N) is 4. The molecule has 2 aliphatic heterocycles. The van der Waals surface area contributed by atoms with Gasteiger partial charge in [-0.15, -0.1) is 0 Å². The van der Waals surface area contributed by atoms with Crippen molar-refractivity contribution in [2.24, 2.45) is 0 Å². The summed E-state index contributed by atoms with van der Waals surface area (Å²) in [5, 5.41) is 2.58. The summed E-state index contributed by atoms with van der Waals surface area (Å²) >= 11 is 0. The van der Waals surface area contributed by atoms with Crippen molar-refractivity contribution in [2.75, 3.05) is 82.4 Å². The van der Waals surface area contributed by atoms with E-state index in [1.807, 2.05) is 0 Å². The van der Waals surface area contributed by atoms with Gasteiger partial charge in [0.1, 0.15) is 12.4 Å². The average molecular weight is 445 g/mol. The van der Waals surface area contributed by atoms with Gasteiger partial charge in [0.2, 0.25) is 0 Å². The van der Waals surface area contributed by atoms with E-state index in [-0.39, 0.29) is 0 Å². The predicted octanol–water partition coefficient (Wildman–Crippen LogP) is 4.10. The highest BCUT2D eigenvalue weighted by Crippen LogP contribution is 2.31. The fourth-order valence-corrected chi connectivity index (χ4v) is 5.07. The summed E-state index contributed by atoms with van der Waals surface area (Å²) in [4.78, 5) is 9.94. The summed E-state index contributed by atoms with van der Waals surface area (Å²) < 4.78 is 6.22. The first-order valence-corrected chi connectivity index (χ1v) is 12.3. The second kappa shape index (κ2) is 10.0. The first-order valence-electron chi connectivity index (χ1n) is 12.3.